The average molecular weight is 372 g/mol. The van der Waals surface area contributed by atoms with E-state index in [2.05, 4.69) is 10.6 Å². The summed E-state index contributed by atoms with van der Waals surface area (Å²) >= 11 is 0. The van der Waals surface area contributed by atoms with Gasteiger partial charge in [-0.2, -0.15) is 0 Å². The third-order valence-electron chi connectivity index (χ3n) is 5.55. The molecule has 1 atom stereocenters. The van der Waals surface area contributed by atoms with Gasteiger partial charge in [0.2, 0.25) is 5.91 Å². The fourth-order valence-corrected chi connectivity index (χ4v) is 4.00. The molecule has 27 heavy (non-hydrogen) atoms. The first-order valence-corrected chi connectivity index (χ1v) is 9.55. The first-order valence-electron chi connectivity index (χ1n) is 9.55. The molecule has 1 saturated heterocycles. The lowest BCUT2D eigenvalue weighted by Crippen LogP contribution is -2.49. The van der Waals surface area contributed by atoms with E-state index in [1.54, 1.807) is 0 Å². The van der Waals surface area contributed by atoms with E-state index in [1.165, 1.54) is 0 Å². The number of hydrogen-bond donors (Lipinski definition) is 2. The number of likely N-dealkylation sites (N-methyl/N-ethyl adjacent to an activating group) is 1. The molecule has 2 fully saturated rings. The predicted molar refractivity (Wildman–Crippen MR) is 102 cm³/mol. The summed E-state index contributed by atoms with van der Waals surface area (Å²) in [6, 6.07) is 9.47. The van der Waals surface area contributed by atoms with Crippen molar-refractivity contribution in [1.82, 2.24) is 20.4 Å². The Balaban J connectivity index is 1.59. The number of benzene rings is 1. The summed E-state index contributed by atoms with van der Waals surface area (Å²) in [5.74, 6) is -0.580. The van der Waals surface area contributed by atoms with E-state index in [1.807, 2.05) is 49.3 Å². The number of carbonyl (C=O) groups is 3. The van der Waals surface area contributed by atoms with Crippen LogP contribution in [0.4, 0.5) is 4.79 Å². The van der Waals surface area contributed by atoms with Crippen molar-refractivity contribution < 1.29 is 14.4 Å². The van der Waals surface area contributed by atoms with Gasteiger partial charge in [-0.15, -0.1) is 0 Å². The molecule has 0 bridgehead atoms. The summed E-state index contributed by atoms with van der Waals surface area (Å²) in [6.45, 7) is 0.173. The minimum atomic E-state index is -0.786. The zero-order valence-corrected chi connectivity index (χ0v) is 16.0. The summed E-state index contributed by atoms with van der Waals surface area (Å²) in [5, 5.41) is 5.70. The topological polar surface area (TPSA) is 81.8 Å². The smallest absolute Gasteiger partial charge is 0.325 e. The Morgan fingerprint density at radius 1 is 1.19 bits per heavy atom. The molecule has 1 aromatic rings. The maximum Gasteiger partial charge on any atom is 0.325 e. The molecule has 1 heterocycles. The molecule has 1 unspecified atom stereocenters. The van der Waals surface area contributed by atoms with Crippen molar-refractivity contribution in [3.05, 3.63) is 35.9 Å². The summed E-state index contributed by atoms with van der Waals surface area (Å²) in [6.07, 6.45) is 4.25. The summed E-state index contributed by atoms with van der Waals surface area (Å²) in [4.78, 5) is 40.5. The summed E-state index contributed by atoms with van der Waals surface area (Å²) < 4.78 is 0. The molecule has 1 spiro atoms. The van der Waals surface area contributed by atoms with Gasteiger partial charge >= 0.3 is 6.03 Å². The van der Waals surface area contributed by atoms with Crippen LogP contribution in [0.3, 0.4) is 0 Å². The number of imide groups is 1. The van der Waals surface area contributed by atoms with Crippen LogP contribution in [0.1, 0.15) is 43.7 Å². The molecule has 7 heteroatoms. The number of nitrogens with one attached hydrogen (secondary N) is 2. The highest BCUT2D eigenvalue weighted by Gasteiger charge is 2.51. The highest BCUT2D eigenvalue weighted by Crippen LogP contribution is 2.33. The van der Waals surface area contributed by atoms with E-state index in [-0.39, 0.29) is 24.4 Å². The van der Waals surface area contributed by atoms with Gasteiger partial charge in [-0.05, 0) is 32.5 Å². The predicted octanol–water partition coefficient (Wildman–Crippen LogP) is 1.66. The Bertz CT molecular complexity index is 698. The molecule has 3 rings (SSSR count). The first kappa shape index (κ1) is 19.4. The largest absolute Gasteiger partial charge is 0.353 e. The number of hydrogen-bond acceptors (Lipinski definition) is 4. The number of amides is 4. The van der Waals surface area contributed by atoms with Crippen LogP contribution < -0.4 is 10.6 Å². The van der Waals surface area contributed by atoms with E-state index >= 15 is 0 Å². The van der Waals surface area contributed by atoms with Gasteiger partial charge in [0.05, 0.1) is 6.04 Å². The lowest BCUT2D eigenvalue weighted by molar-refractivity contribution is -0.135. The second-order valence-electron chi connectivity index (χ2n) is 7.66. The van der Waals surface area contributed by atoms with Crippen LogP contribution in [0.5, 0.6) is 0 Å². The summed E-state index contributed by atoms with van der Waals surface area (Å²) in [5.41, 5.74) is 0.310. The Morgan fingerprint density at radius 2 is 1.85 bits per heavy atom. The number of rotatable bonds is 6. The van der Waals surface area contributed by atoms with Crippen molar-refractivity contribution in [2.75, 3.05) is 27.2 Å². The van der Waals surface area contributed by atoms with Crippen molar-refractivity contribution >= 4 is 17.8 Å². The third-order valence-corrected chi connectivity index (χ3v) is 5.55. The molecule has 1 aliphatic heterocycles. The maximum atomic E-state index is 12.8. The molecule has 1 aliphatic carbocycles. The van der Waals surface area contributed by atoms with Gasteiger partial charge in [-0.3, -0.25) is 14.5 Å². The Kier molecular flexibility index (Phi) is 5.79. The monoisotopic (exact) mass is 372 g/mol. The molecular formula is C20H28N4O3. The van der Waals surface area contributed by atoms with E-state index in [9.17, 15) is 14.4 Å². The van der Waals surface area contributed by atoms with E-state index in [4.69, 9.17) is 0 Å². The van der Waals surface area contributed by atoms with Crippen LogP contribution in [0.2, 0.25) is 0 Å². The fraction of sp³-hybridized carbons (Fsp3) is 0.550. The van der Waals surface area contributed by atoms with Crippen LogP contribution in [0.15, 0.2) is 30.3 Å². The minimum Gasteiger partial charge on any atom is -0.353 e. The van der Waals surface area contributed by atoms with Gasteiger partial charge in [-0.1, -0.05) is 49.6 Å². The number of carbonyl (C=O) groups excluding carboxylic acids is 3. The normalized spacial score (nSPS) is 20.0. The first-order chi connectivity index (χ1) is 12.9. The van der Waals surface area contributed by atoms with Crippen molar-refractivity contribution in [3.8, 4) is 0 Å². The Morgan fingerprint density at radius 3 is 2.48 bits per heavy atom. The molecular weight excluding hydrogens is 344 g/mol. The molecule has 1 saturated carbocycles. The average Bonchev–Trinajstić information content (AvgIpc) is 2.87. The van der Waals surface area contributed by atoms with Crippen molar-refractivity contribution in [2.24, 2.45) is 0 Å². The highest BCUT2D eigenvalue weighted by molar-refractivity contribution is 6.09. The SMILES string of the molecule is CN(C)C(CNC(=O)CN1C(=O)NC2(CCCCC2)C1=O)c1ccccc1. The standard InChI is InChI=1S/C20H28N4O3/c1-23(2)16(15-9-5-3-6-10-15)13-21-17(25)14-24-18(26)20(22-19(24)27)11-7-4-8-12-20/h3,5-6,9-10,16H,4,7-8,11-14H2,1-2H3,(H,21,25)(H,22,27). The highest BCUT2D eigenvalue weighted by atomic mass is 16.2. The fourth-order valence-electron chi connectivity index (χ4n) is 4.00. The third kappa shape index (κ3) is 4.13. The zero-order valence-electron chi connectivity index (χ0n) is 16.0. The minimum absolute atomic E-state index is 0.0166. The van der Waals surface area contributed by atoms with Gasteiger partial charge in [0.1, 0.15) is 12.1 Å². The summed E-state index contributed by atoms with van der Waals surface area (Å²) in [7, 11) is 3.90. The molecule has 2 N–H and O–H groups in total. The van der Waals surface area contributed by atoms with Gasteiger partial charge in [0.25, 0.3) is 5.91 Å². The van der Waals surface area contributed by atoms with Crippen molar-refractivity contribution in [1.29, 1.82) is 0 Å². The Labute approximate surface area is 160 Å². The van der Waals surface area contributed by atoms with Crippen molar-refractivity contribution in [3.63, 3.8) is 0 Å². The lowest BCUT2D eigenvalue weighted by atomic mass is 9.82. The second-order valence-corrected chi connectivity index (χ2v) is 7.66. The van der Waals surface area contributed by atoms with Crippen LogP contribution in [0, 0.1) is 0 Å². The number of urea groups is 1. The number of nitrogens with zero attached hydrogens (tertiary/aromatic N) is 2. The van der Waals surface area contributed by atoms with Crippen LogP contribution >= 0.6 is 0 Å². The van der Waals surface area contributed by atoms with Crippen molar-refractivity contribution in [2.45, 2.75) is 43.7 Å². The Hall–Kier alpha value is -2.41. The lowest BCUT2D eigenvalue weighted by Gasteiger charge is -2.30. The molecule has 4 amide bonds. The van der Waals surface area contributed by atoms with Crippen LogP contribution in [-0.2, 0) is 9.59 Å². The van der Waals surface area contributed by atoms with Crippen LogP contribution in [-0.4, -0.2) is 60.4 Å². The quantitative estimate of drug-likeness (QED) is 0.744. The zero-order chi connectivity index (χ0) is 19.4. The van der Waals surface area contributed by atoms with E-state index in [0.29, 0.717) is 19.4 Å². The van der Waals surface area contributed by atoms with E-state index in [0.717, 1.165) is 29.7 Å². The van der Waals surface area contributed by atoms with E-state index < -0.39 is 11.6 Å². The molecule has 0 radical (unpaired) electrons. The molecule has 7 nitrogen and oxygen atoms in total. The van der Waals surface area contributed by atoms with Gasteiger partial charge in [0.15, 0.2) is 0 Å². The molecule has 2 aliphatic rings. The molecule has 1 aromatic carbocycles. The van der Waals surface area contributed by atoms with Crippen LogP contribution in [0.25, 0.3) is 0 Å². The van der Waals surface area contributed by atoms with Gasteiger partial charge in [-0.25, -0.2) is 4.79 Å². The molecule has 0 aromatic heterocycles. The van der Waals surface area contributed by atoms with Gasteiger partial charge < -0.3 is 15.5 Å². The second kappa shape index (κ2) is 8.08. The van der Waals surface area contributed by atoms with Gasteiger partial charge in [0, 0.05) is 6.54 Å². The maximum absolute atomic E-state index is 12.8. The molecule has 146 valence electrons.